The summed E-state index contributed by atoms with van der Waals surface area (Å²) in [5, 5.41) is 2.95. The van der Waals surface area contributed by atoms with Crippen LogP contribution in [0.5, 0.6) is 0 Å². The first-order chi connectivity index (χ1) is 14.4. The summed E-state index contributed by atoms with van der Waals surface area (Å²) in [6.07, 6.45) is 13.3. The largest absolute Gasteiger partial charge is 0.465 e. The maximum Gasteiger partial charge on any atom is 0.315 e. The highest BCUT2D eigenvalue weighted by Crippen LogP contribution is 2.39. The molecule has 1 heterocycles. The summed E-state index contributed by atoms with van der Waals surface area (Å²) in [6, 6.07) is 6.54. The van der Waals surface area contributed by atoms with Gasteiger partial charge in [-0.3, -0.25) is 4.79 Å². The second-order valence-corrected chi connectivity index (χ2v) is 9.19. The molecule has 30 heavy (non-hydrogen) atoms. The molecule has 0 aromatic heterocycles. The Morgan fingerprint density at radius 3 is 2.43 bits per heavy atom. The molecule has 1 aliphatic heterocycles. The zero-order valence-corrected chi connectivity index (χ0v) is 18.2. The number of esters is 1. The van der Waals surface area contributed by atoms with E-state index in [0.29, 0.717) is 32.3 Å². The third-order valence-electron chi connectivity index (χ3n) is 5.48. The Morgan fingerprint density at radius 2 is 1.87 bits per heavy atom. The Kier molecular flexibility index (Phi) is 6.99. The van der Waals surface area contributed by atoms with Crippen LogP contribution in [0.3, 0.4) is 0 Å². The third-order valence-corrected chi connectivity index (χ3v) is 7.01. The molecule has 1 saturated carbocycles. The van der Waals surface area contributed by atoms with Gasteiger partial charge in [-0.1, -0.05) is 12.2 Å². The van der Waals surface area contributed by atoms with Gasteiger partial charge in [0.2, 0.25) is 10.0 Å². The maximum absolute atomic E-state index is 12.8. The molecule has 3 rings (SSSR count). The molecule has 2 N–H and O–H groups in total. The Bertz CT molecular complexity index is 916. The van der Waals surface area contributed by atoms with Gasteiger partial charge in [0.05, 0.1) is 16.9 Å². The number of carbonyl (C=O) groups is 1. The van der Waals surface area contributed by atoms with E-state index >= 15 is 0 Å². The standard InChI is InChI=1S/C22H29N3O4S/c1-3-11-22(21(26)29-4-2)12-9-18(10-13-22)24-30(27,28)20-7-5-19(6-8-20)25-16-14-23-15-17-25/h3,5-8,11,14-18,23-24H,4,9-10,12-13H2,1-2H3/b11-3+. The summed E-state index contributed by atoms with van der Waals surface area (Å²) in [5.74, 6) is -0.226. The summed E-state index contributed by atoms with van der Waals surface area (Å²) in [5.41, 5.74) is 0.213. The van der Waals surface area contributed by atoms with E-state index in [0.717, 1.165) is 5.69 Å². The molecular formula is C22H29N3O4S. The van der Waals surface area contributed by atoms with Crippen molar-refractivity contribution in [2.75, 3.05) is 11.5 Å². The first kappa shape index (κ1) is 22.1. The van der Waals surface area contributed by atoms with Crippen molar-refractivity contribution in [3.8, 4) is 0 Å². The number of hydrogen-bond acceptors (Lipinski definition) is 6. The van der Waals surface area contributed by atoms with E-state index in [1.165, 1.54) is 0 Å². The molecule has 2 aliphatic rings. The molecule has 0 amide bonds. The summed E-state index contributed by atoms with van der Waals surface area (Å²) < 4.78 is 33.7. The van der Waals surface area contributed by atoms with Gasteiger partial charge in [-0.05, 0) is 63.8 Å². The van der Waals surface area contributed by atoms with Crippen LogP contribution in [0.15, 0.2) is 66.1 Å². The van der Waals surface area contributed by atoms with Crippen LogP contribution in [-0.4, -0.2) is 27.0 Å². The Morgan fingerprint density at radius 1 is 1.23 bits per heavy atom. The number of benzene rings is 1. The number of allylic oxidation sites excluding steroid dienone is 1. The average Bonchev–Trinajstić information content (AvgIpc) is 2.76. The fourth-order valence-electron chi connectivity index (χ4n) is 3.89. The molecule has 0 spiro atoms. The zero-order chi connectivity index (χ0) is 21.6. The predicted octanol–water partition coefficient (Wildman–Crippen LogP) is 3.39. The number of rotatable bonds is 7. The van der Waals surface area contributed by atoms with Crippen LogP contribution in [0.25, 0.3) is 0 Å². The quantitative estimate of drug-likeness (QED) is 0.508. The van der Waals surface area contributed by atoms with Gasteiger partial charge in [0, 0.05) is 36.5 Å². The van der Waals surface area contributed by atoms with Crippen LogP contribution >= 0.6 is 0 Å². The zero-order valence-electron chi connectivity index (χ0n) is 17.4. The minimum atomic E-state index is -3.64. The minimum absolute atomic E-state index is 0.207. The third kappa shape index (κ3) is 4.94. The first-order valence-electron chi connectivity index (χ1n) is 10.2. The molecular weight excluding hydrogens is 402 g/mol. The van der Waals surface area contributed by atoms with Crippen molar-refractivity contribution < 1.29 is 17.9 Å². The van der Waals surface area contributed by atoms with Crippen molar-refractivity contribution >= 4 is 21.7 Å². The SMILES string of the molecule is C/C=C/C1(C(=O)OCC)CCC(NS(=O)(=O)c2ccc(N3C=CNC=C3)cc2)CC1. The molecule has 0 atom stereocenters. The molecule has 8 heteroatoms. The van der Waals surface area contributed by atoms with Gasteiger partial charge >= 0.3 is 5.97 Å². The number of carbonyl (C=O) groups excluding carboxylic acids is 1. The lowest BCUT2D eigenvalue weighted by atomic mass is 9.72. The van der Waals surface area contributed by atoms with Gasteiger partial charge in [0.25, 0.3) is 0 Å². The molecule has 0 radical (unpaired) electrons. The van der Waals surface area contributed by atoms with Crippen LogP contribution in [-0.2, 0) is 19.6 Å². The number of nitrogens with one attached hydrogen (secondary N) is 2. The van der Waals surface area contributed by atoms with Crippen molar-refractivity contribution in [2.24, 2.45) is 5.41 Å². The van der Waals surface area contributed by atoms with Crippen LogP contribution < -0.4 is 14.9 Å². The monoisotopic (exact) mass is 431 g/mol. The molecule has 1 aliphatic carbocycles. The van der Waals surface area contributed by atoms with Gasteiger partial charge in [0.1, 0.15) is 0 Å². The van der Waals surface area contributed by atoms with Gasteiger partial charge in [-0.15, -0.1) is 0 Å². The molecule has 162 valence electrons. The van der Waals surface area contributed by atoms with Crippen molar-refractivity contribution in [3.63, 3.8) is 0 Å². The van der Waals surface area contributed by atoms with Crippen molar-refractivity contribution in [3.05, 3.63) is 61.2 Å². The molecule has 0 unspecified atom stereocenters. The van der Waals surface area contributed by atoms with E-state index in [1.54, 1.807) is 43.6 Å². The number of sulfonamides is 1. The lowest BCUT2D eigenvalue weighted by Crippen LogP contribution is -2.43. The lowest BCUT2D eigenvalue weighted by Gasteiger charge is -2.36. The highest BCUT2D eigenvalue weighted by molar-refractivity contribution is 7.89. The maximum atomic E-state index is 12.8. The second kappa shape index (κ2) is 9.49. The van der Waals surface area contributed by atoms with Gasteiger partial charge < -0.3 is 15.0 Å². The Hall–Kier alpha value is -2.58. The highest BCUT2D eigenvalue weighted by Gasteiger charge is 2.41. The van der Waals surface area contributed by atoms with Crippen LogP contribution in [0.4, 0.5) is 5.69 Å². The first-order valence-corrected chi connectivity index (χ1v) is 11.7. The summed E-state index contributed by atoms with van der Waals surface area (Å²) in [7, 11) is -3.64. The van der Waals surface area contributed by atoms with E-state index < -0.39 is 15.4 Å². The van der Waals surface area contributed by atoms with Crippen LogP contribution in [0, 0.1) is 5.41 Å². The van der Waals surface area contributed by atoms with Gasteiger partial charge in [-0.2, -0.15) is 0 Å². The van der Waals surface area contributed by atoms with Gasteiger partial charge in [0.15, 0.2) is 0 Å². The van der Waals surface area contributed by atoms with Crippen molar-refractivity contribution in [2.45, 2.75) is 50.5 Å². The minimum Gasteiger partial charge on any atom is -0.465 e. The van der Waals surface area contributed by atoms with Crippen molar-refractivity contribution in [1.82, 2.24) is 10.0 Å². The molecule has 1 fully saturated rings. The average molecular weight is 432 g/mol. The molecule has 0 bridgehead atoms. The van der Waals surface area contributed by atoms with E-state index in [1.807, 2.05) is 36.4 Å². The molecule has 1 aromatic rings. The van der Waals surface area contributed by atoms with Gasteiger partial charge in [-0.25, -0.2) is 13.1 Å². The summed E-state index contributed by atoms with van der Waals surface area (Å²) in [4.78, 5) is 14.6. The highest BCUT2D eigenvalue weighted by atomic mass is 32.2. The number of anilines is 1. The fraction of sp³-hybridized carbons (Fsp3) is 0.409. The lowest BCUT2D eigenvalue weighted by molar-refractivity contribution is -0.154. The normalized spacial score (nSPS) is 24.1. The second-order valence-electron chi connectivity index (χ2n) is 7.47. The Labute approximate surface area is 178 Å². The number of ether oxygens (including phenoxy) is 1. The van der Waals surface area contributed by atoms with E-state index in [-0.39, 0.29) is 16.9 Å². The van der Waals surface area contributed by atoms with E-state index in [4.69, 9.17) is 4.74 Å². The van der Waals surface area contributed by atoms with E-state index in [9.17, 15) is 13.2 Å². The Balaban J connectivity index is 1.65. The number of nitrogens with zero attached hydrogens (tertiary/aromatic N) is 1. The summed E-state index contributed by atoms with van der Waals surface area (Å²) in [6.45, 7) is 4.01. The van der Waals surface area contributed by atoms with Crippen molar-refractivity contribution in [1.29, 1.82) is 0 Å². The topological polar surface area (TPSA) is 87.7 Å². The van der Waals surface area contributed by atoms with Crippen LogP contribution in [0.2, 0.25) is 0 Å². The molecule has 7 nitrogen and oxygen atoms in total. The summed E-state index contributed by atoms with van der Waals surface area (Å²) >= 11 is 0. The number of hydrogen-bond donors (Lipinski definition) is 2. The predicted molar refractivity (Wildman–Crippen MR) is 117 cm³/mol. The van der Waals surface area contributed by atoms with Crippen LogP contribution in [0.1, 0.15) is 39.5 Å². The smallest absolute Gasteiger partial charge is 0.315 e. The molecule has 1 aromatic carbocycles. The molecule has 0 saturated heterocycles. The fourth-order valence-corrected chi connectivity index (χ4v) is 5.20. The van der Waals surface area contributed by atoms with E-state index in [2.05, 4.69) is 10.0 Å².